The van der Waals surface area contributed by atoms with Crippen molar-refractivity contribution in [2.45, 2.75) is 50.5 Å². The molecule has 0 bridgehead atoms. The van der Waals surface area contributed by atoms with E-state index in [9.17, 15) is 4.79 Å². The summed E-state index contributed by atoms with van der Waals surface area (Å²) < 4.78 is 7.47. The Morgan fingerprint density at radius 1 is 1.00 bits per heavy atom. The summed E-state index contributed by atoms with van der Waals surface area (Å²) in [7, 11) is 0. The largest absolute Gasteiger partial charge is 0.368 e. The van der Waals surface area contributed by atoms with E-state index >= 15 is 0 Å². The van der Waals surface area contributed by atoms with Crippen LogP contribution in [0.4, 0.5) is 5.82 Å². The van der Waals surface area contributed by atoms with E-state index in [2.05, 4.69) is 15.1 Å². The summed E-state index contributed by atoms with van der Waals surface area (Å²) in [6.07, 6.45) is 5.88. The van der Waals surface area contributed by atoms with Crippen LogP contribution in [0.25, 0.3) is 5.65 Å². The van der Waals surface area contributed by atoms with Gasteiger partial charge in [-0.1, -0.05) is 0 Å². The van der Waals surface area contributed by atoms with Crippen molar-refractivity contribution in [3.05, 3.63) is 18.0 Å². The number of hydrogen-bond acceptors (Lipinski definition) is 6. The number of amides is 1. The molecule has 8 nitrogen and oxygen atoms in total. The molecule has 2 aromatic heterocycles. The Kier molecular flexibility index (Phi) is 4.43. The molecule has 2 aromatic rings. The molecule has 1 unspecified atom stereocenters. The van der Waals surface area contributed by atoms with Gasteiger partial charge in [0.15, 0.2) is 11.5 Å². The van der Waals surface area contributed by atoms with Crippen LogP contribution in [0.15, 0.2) is 12.1 Å². The van der Waals surface area contributed by atoms with Crippen LogP contribution in [0.1, 0.15) is 50.3 Å². The molecule has 5 heterocycles. The highest BCUT2D eigenvalue weighted by atomic mass is 16.5. The van der Waals surface area contributed by atoms with Crippen molar-refractivity contribution >= 4 is 17.4 Å². The second-order valence-corrected chi connectivity index (χ2v) is 7.82. The minimum Gasteiger partial charge on any atom is -0.368 e. The molecule has 3 saturated heterocycles. The predicted molar refractivity (Wildman–Crippen MR) is 99.8 cm³/mol. The molecule has 0 aliphatic carbocycles. The lowest BCUT2D eigenvalue weighted by atomic mass is 9.95. The van der Waals surface area contributed by atoms with Crippen LogP contribution in [0.2, 0.25) is 0 Å². The maximum absolute atomic E-state index is 12.5. The smallest absolute Gasteiger partial charge is 0.251 e. The van der Waals surface area contributed by atoms with Gasteiger partial charge in [0.05, 0.1) is 0 Å². The molecular weight excluding hydrogens is 344 g/mol. The van der Waals surface area contributed by atoms with Gasteiger partial charge in [0.25, 0.3) is 5.91 Å². The summed E-state index contributed by atoms with van der Waals surface area (Å²) in [6.45, 7) is 4.36. The van der Waals surface area contributed by atoms with Crippen LogP contribution in [-0.2, 0) is 9.53 Å². The van der Waals surface area contributed by atoms with Crippen molar-refractivity contribution in [1.82, 2.24) is 24.7 Å². The lowest BCUT2D eigenvalue weighted by Gasteiger charge is -2.32. The zero-order valence-electron chi connectivity index (χ0n) is 15.6. The highest BCUT2D eigenvalue weighted by molar-refractivity contribution is 5.81. The molecule has 3 aliphatic heterocycles. The molecule has 8 heteroatoms. The molecule has 0 aromatic carbocycles. The molecule has 0 N–H and O–H groups in total. The number of ether oxygens (including phenoxy) is 1. The number of carbonyl (C=O) groups is 1. The highest BCUT2D eigenvalue weighted by Crippen LogP contribution is 2.29. The van der Waals surface area contributed by atoms with Crippen LogP contribution < -0.4 is 4.90 Å². The summed E-state index contributed by atoms with van der Waals surface area (Å²) >= 11 is 0. The van der Waals surface area contributed by atoms with Gasteiger partial charge in [-0.3, -0.25) is 4.79 Å². The maximum Gasteiger partial charge on any atom is 0.251 e. The van der Waals surface area contributed by atoms with Crippen molar-refractivity contribution in [2.75, 3.05) is 37.7 Å². The molecule has 0 radical (unpaired) electrons. The van der Waals surface area contributed by atoms with Gasteiger partial charge in [-0.15, -0.1) is 15.3 Å². The van der Waals surface area contributed by atoms with Crippen molar-refractivity contribution < 1.29 is 9.53 Å². The Morgan fingerprint density at radius 2 is 1.81 bits per heavy atom. The number of aromatic nitrogens is 4. The van der Waals surface area contributed by atoms with Gasteiger partial charge in [0.2, 0.25) is 0 Å². The fourth-order valence-electron chi connectivity index (χ4n) is 4.50. The Morgan fingerprint density at radius 3 is 2.56 bits per heavy atom. The summed E-state index contributed by atoms with van der Waals surface area (Å²) in [5, 5.41) is 13.6. The molecule has 3 aliphatic rings. The molecule has 0 saturated carbocycles. The van der Waals surface area contributed by atoms with Crippen molar-refractivity contribution in [2.24, 2.45) is 0 Å². The first-order chi connectivity index (χ1) is 13.3. The number of rotatable bonds is 3. The highest BCUT2D eigenvalue weighted by Gasteiger charge is 2.32. The fraction of sp³-hybridized carbons (Fsp3) is 0.684. The number of hydrogen-bond donors (Lipinski definition) is 0. The SMILES string of the molecule is O=C(C1CCCO1)N1CCC(c2nnc3ccc(N4CCCC4)nn23)CC1. The van der Waals surface area contributed by atoms with Gasteiger partial charge in [0.1, 0.15) is 11.9 Å². The zero-order valence-corrected chi connectivity index (χ0v) is 15.6. The van der Waals surface area contributed by atoms with Crippen LogP contribution in [0.3, 0.4) is 0 Å². The van der Waals surface area contributed by atoms with E-state index in [1.165, 1.54) is 12.8 Å². The van der Waals surface area contributed by atoms with Crippen LogP contribution in [-0.4, -0.2) is 69.5 Å². The normalized spacial score (nSPS) is 24.2. The first-order valence-electron chi connectivity index (χ1n) is 10.2. The molecule has 1 atom stereocenters. The van der Waals surface area contributed by atoms with Crippen molar-refractivity contribution in [3.8, 4) is 0 Å². The van der Waals surface area contributed by atoms with E-state index in [1.54, 1.807) is 0 Å². The third-order valence-electron chi connectivity index (χ3n) is 6.08. The summed E-state index contributed by atoms with van der Waals surface area (Å²) in [5.41, 5.74) is 0.797. The second kappa shape index (κ2) is 7.07. The molecular formula is C19H26N6O2. The molecule has 144 valence electrons. The van der Waals surface area contributed by atoms with Crippen LogP contribution in [0.5, 0.6) is 0 Å². The van der Waals surface area contributed by atoms with E-state index in [1.807, 2.05) is 21.5 Å². The third kappa shape index (κ3) is 3.16. The molecule has 1 amide bonds. The van der Waals surface area contributed by atoms with Gasteiger partial charge in [-0.2, -0.15) is 4.52 Å². The molecule has 5 rings (SSSR count). The minimum atomic E-state index is -0.222. The van der Waals surface area contributed by atoms with Gasteiger partial charge in [-0.25, -0.2) is 0 Å². The molecule has 27 heavy (non-hydrogen) atoms. The Hall–Kier alpha value is -2.22. The number of likely N-dealkylation sites (tertiary alicyclic amines) is 1. The average molecular weight is 370 g/mol. The predicted octanol–water partition coefficient (Wildman–Crippen LogP) is 1.61. The standard InChI is InChI=1S/C19H26N6O2/c26-19(15-4-3-13-27-15)24-11-7-14(8-12-24)18-21-20-16-5-6-17(22-25(16)18)23-9-1-2-10-23/h5-6,14-15H,1-4,7-13H2. The maximum atomic E-state index is 12.5. The Labute approximate surface area is 158 Å². The second-order valence-electron chi connectivity index (χ2n) is 7.82. The van der Waals surface area contributed by atoms with E-state index in [4.69, 9.17) is 9.84 Å². The first-order valence-corrected chi connectivity index (χ1v) is 10.2. The number of anilines is 1. The summed E-state index contributed by atoms with van der Waals surface area (Å²) in [5.74, 6) is 2.38. The van der Waals surface area contributed by atoms with E-state index < -0.39 is 0 Å². The first kappa shape index (κ1) is 16.9. The van der Waals surface area contributed by atoms with E-state index in [0.717, 1.165) is 69.2 Å². The third-order valence-corrected chi connectivity index (χ3v) is 6.08. The lowest BCUT2D eigenvalue weighted by molar-refractivity contribution is -0.142. The number of carbonyl (C=O) groups excluding carboxylic acids is 1. The van der Waals surface area contributed by atoms with Crippen LogP contribution >= 0.6 is 0 Å². The summed E-state index contributed by atoms with van der Waals surface area (Å²) in [6, 6.07) is 4.05. The van der Waals surface area contributed by atoms with Gasteiger partial charge in [0, 0.05) is 38.7 Å². The van der Waals surface area contributed by atoms with E-state index in [0.29, 0.717) is 6.61 Å². The van der Waals surface area contributed by atoms with Crippen LogP contribution in [0, 0.1) is 0 Å². The monoisotopic (exact) mass is 370 g/mol. The number of nitrogens with zero attached hydrogens (tertiary/aromatic N) is 6. The van der Waals surface area contributed by atoms with E-state index in [-0.39, 0.29) is 17.9 Å². The average Bonchev–Trinajstić information content (AvgIpc) is 3.48. The Bertz CT molecular complexity index is 817. The molecule has 3 fully saturated rings. The van der Waals surface area contributed by atoms with Gasteiger partial charge in [-0.05, 0) is 50.7 Å². The fourth-order valence-corrected chi connectivity index (χ4v) is 4.50. The topological polar surface area (TPSA) is 75.9 Å². The van der Waals surface area contributed by atoms with Crippen molar-refractivity contribution in [1.29, 1.82) is 0 Å². The van der Waals surface area contributed by atoms with Gasteiger partial charge >= 0.3 is 0 Å². The van der Waals surface area contributed by atoms with Crippen molar-refractivity contribution in [3.63, 3.8) is 0 Å². The summed E-state index contributed by atoms with van der Waals surface area (Å²) in [4.78, 5) is 16.8. The number of fused-ring (bicyclic) bond motifs is 1. The number of piperidine rings is 1. The zero-order chi connectivity index (χ0) is 18.2. The molecule has 0 spiro atoms. The quantitative estimate of drug-likeness (QED) is 0.817. The lowest BCUT2D eigenvalue weighted by Crippen LogP contribution is -2.43. The van der Waals surface area contributed by atoms with Gasteiger partial charge < -0.3 is 14.5 Å². The minimum absolute atomic E-state index is 0.159. The Balaban J connectivity index is 1.31.